The molecule has 0 radical (unpaired) electrons. The second-order valence-corrected chi connectivity index (χ2v) is 8.10. The monoisotopic (exact) mass is 449 g/mol. The molecule has 0 aliphatic carbocycles. The number of para-hydroxylation sites is 1. The number of pyridine rings is 1. The van der Waals surface area contributed by atoms with Crippen LogP contribution in [0.5, 0.6) is 5.75 Å². The van der Waals surface area contributed by atoms with Crippen LogP contribution in [-0.4, -0.2) is 22.4 Å². The second-order valence-electron chi connectivity index (χ2n) is 8.10. The van der Waals surface area contributed by atoms with Crippen molar-refractivity contribution in [2.75, 3.05) is 6.54 Å². The molecule has 34 heavy (non-hydrogen) atoms. The summed E-state index contributed by atoms with van der Waals surface area (Å²) in [4.78, 5) is 4.68. The Balaban J connectivity index is 1.15. The summed E-state index contributed by atoms with van der Waals surface area (Å²) in [5.74, 6) is 2.47. The van der Waals surface area contributed by atoms with Gasteiger partial charge in [0, 0.05) is 16.5 Å². The number of hydrazone groups is 1. The molecular formula is C27H23N5O2. The summed E-state index contributed by atoms with van der Waals surface area (Å²) >= 11 is 0. The van der Waals surface area contributed by atoms with Crippen molar-refractivity contribution in [2.24, 2.45) is 5.10 Å². The third-order valence-corrected chi connectivity index (χ3v) is 5.83. The van der Waals surface area contributed by atoms with E-state index in [1.807, 2.05) is 71.7 Å². The molecule has 2 aliphatic heterocycles. The third-order valence-electron chi connectivity index (χ3n) is 5.83. The highest BCUT2D eigenvalue weighted by Crippen LogP contribution is 2.27. The molecule has 0 bridgehead atoms. The number of hydrazine groups is 2. The van der Waals surface area contributed by atoms with Crippen LogP contribution in [0.2, 0.25) is 0 Å². The van der Waals surface area contributed by atoms with Gasteiger partial charge in [-0.3, -0.25) is 5.01 Å². The standard InChI is InChI=1S/C27H23N5O2/c1-4-11-25-20(7-1)12-13-21(28-25)18-33-22-8-5-6-19(16-22)17-34-26-14-15-32-27(29-30-31-32)24-10-3-2-9-23(24)26/h1-14,16,30-31H,15,17-18H2. The first-order valence-electron chi connectivity index (χ1n) is 11.2. The van der Waals surface area contributed by atoms with E-state index < -0.39 is 0 Å². The third kappa shape index (κ3) is 4.04. The average molecular weight is 450 g/mol. The predicted octanol–water partition coefficient (Wildman–Crippen LogP) is 4.37. The van der Waals surface area contributed by atoms with Gasteiger partial charge in [0.05, 0.1) is 17.8 Å². The van der Waals surface area contributed by atoms with Crippen LogP contribution in [0, 0.1) is 0 Å². The normalized spacial score (nSPS) is 14.4. The Morgan fingerprint density at radius 2 is 1.71 bits per heavy atom. The molecule has 0 atom stereocenters. The molecule has 4 aromatic rings. The first-order chi connectivity index (χ1) is 16.8. The molecule has 0 unspecified atom stereocenters. The molecule has 168 valence electrons. The van der Waals surface area contributed by atoms with Crippen molar-refractivity contribution in [1.29, 1.82) is 0 Å². The number of hydrogen-bond donors (Lipinski definition) is 2. The van der Waals surface area contributed by atoms with Crippen LogP contribution in [0.3, 0.4) is 0 Å². The summed E-state index contributed by atoms with van der Waals surface area (Å²) in [6, 6.07) is 28.3. The van der Waals surface area contributed by atoms with Crippen LogP contribution in [0.25, 0.3) is 16.7 Å². The Bertz CT molecular complexity index is 1420. The molecule has 0 saturated heterocycles. The highest BCUT2D eigenvalue weighted by Gasteiger charge is 2.25. The maximum Gasteiger partial charge on any atom is 0.174 e. The van der Waals surface area contributed by atoms with Gasteiger partial charge < -0.3 is 9.47 Å². The van der Waals surface area contributed by atoms with Gasteiger partial charge in [-0.25, -0.2) is 10.5 Å². The Morgan fingerprint density at radius 1 is 0.824 bits per heavy atom. The smallest absolute Gasteiger partial charge is 0.174 e. The summed E-state index contributed by atoms with van der Waals surface area (Å²) < 4.78 is 12.3. The lowest BCUT2D eigenvalue weighted by atomic mass is 10.1. The molecule has 1 aromatic heterocycles. The molecule has 2 aliphatic rings. The summed E-state index contributed by atoms with van der Waals surface area (Å²) in [7, 11) is 0. The number of aromatic nitrogens is 1. The van der Waals surface area contributed by atoms with E-state index in [9.17, 15) is 0 Å². The van der Waals surface area contributed by atoms with Crippen LogP contribution >= 0.6 is 0 Å². The summed E-state index contributed by atoms with van der Waals surface area (Å²) in [5, 5.41) is 7.43. The molecule has 6 rings (SSSR count). The fourth-order valence-electron chi connectivity index (χ4n) is 4.14. The van der Waals surface area contributed by atoms with E-state index in [0.717, 1.165) is 50.6 Å². The molecule has 0 saturated carbocycles. The number of nitrogens with one attached hydrogen (secondary N) is 2. The van der Waals surface area contributed by atoms with E-state index in [1.165, 1.54) is 0 Å². The lowest BCUT2D eigenvalue weighted by molar-refractivity contribution is 0.259. The van der Waals surface area contributed by atoms with Gasteiger partial charge in [-0.2, -0.15) is 0 Å². The first kappa shape index (κ1) is 20.3. The molecule has 0 amide bonds. The maximum absolute atomic E-state index is 6.27. The fourth-order valence-corrected chi connectivity index (χ4v) is 4.14. The molecular weight excluding hydrogens is 426 g/mol. The summed E-state index contributed by atoms with van der Waals surface area (Å²) in [6.45, 7) is 1.48. The maximum atomic E-state index is 6.27. The average Bonchev–Trinajstić information content (AvgIpc) is 3.31. The fraction of sp³-hybridized carbons (Fsp3) is 0.111. The zero-order valence-corrected chi connectivity index (χ0v) is 18.4. The minimum atomic E-state index is 0.409. The SMILES string of the molecule is C1=C(OCc2cccc(OCc3ccc4ccccc4n3)c2)c2ccccc2C2=NNNN2C1. The quantitative estimate of drug-likeness (QED) is 0.456. The first-order valence-corrected chi connectivity index (χ1v) is 11.2. The van der Waals surface area contributed by atoms with Crippen LogP contribution in [0.4, 0.5) is 0 Å². The topological polar surface area (TPSA) is 71.0 Å². The van der Waals surface area contributed by atoms with Gasteiger partial charge in [-0.15, -0.1) is 10.6 Å². The molecule has 3 heterocycles. The molecule has 7 nitrogen and oxygen atoms in total. The number of amidine groups is 1. The second kappa shape index (κ2) is 8.88. The van der Waals surface area contributed by atoms with Crippen molar-refractivity contribution in [3.05, 3.63) is 113 Å². The van der Waals surface area contributed by atoms with E-state index in [4.69, 9.17) is 9.47 Å². The number of nitrogens with zero attached hydrogens (tertiary/aromatic N) is 3. The van der Waals surface area contributed by atoms with Crippen molar-refractivity contribution in [2.45, 2.75) is 13.2 Å². The van der Waals surface area contributed by atoms with Crippen LogP contribution in [0.15, 0.2) is 96.1 Å². The Kier molecular flexibility index (Phi) is 5.29. The Morgan fingerprint density at radius 3 is 2.68 bits per heavy atom. The van der Waals surface area contributed by atoms with Crippen molar-refractivity contribution in [3.8, 4) is 5.75 Å². The number of ether oxygens (including phenoxy) is 2. The minimum absolute atomic E-state index is 0.409. The van der Waals surface area contributed by atoms with Gasteiger partial charge in [-0.05, 0) is 35.9 Å². The van der Waals surface area contributed by atoms with Crippen molar-refractivity contribution in [3.63, 3.8) is 0 Å². The van der Waals surface area contributed by atoms with E-state index >= 15 is 0 Å². The van der Waals surface area contributed by atoms with Crippen molar-refractivity contribution in [1.82, 2.24) is 21.1 Å². The van der Waals surface area contributed by atoms with Crippen LogP contribution in [0.1, 0.15) is 22.4 Å². The van der Waals surface area contributed by atoms with E-state index in [0.29, 0.717) is 19.8 Å². The summed E-state index contributed by atoms with van der Waals surface area (Å²) in [5.41, 5.74) is 10.8. The van der Waals surface area contributed by atoms with Gasteiger partial charge in [0.1, 0.15) is 24.7 Å². The van der Waals surface area contributed by atoms with E-state index in [1.54, 1.807) is 0 Å². The number of fused-ring (bicyclic) bond motifs is 4. The van der Waals surface area contributed by atoms with Crippen LogP contribution < -0.4 is 15.8 Å². The van der Waals surface area contributed by atoms with Crippen molar-refractivity contribution < 1.29 is 9.47 Å². The number of hydrogen-bond acceptors (Lipinski definition) is 7. The lowest BCUT2D eigenvalue weighted by Crippen LogP contribution is -2.40. The Labute approximate surface area is 197 Å². The highest BCUT2D eigenvalue weighted by molar-refractivity contribution is 6.03. The van der Waals surface area contributed by atoms with Gasteiger partial charge in [0.15, 0.2) is 5.84 Å². The molecule has 0 fully saturated rings. The highest BCUT2D eigenvalue weighted by atomic mass is 16.5. The van der Waals surface area contributed by atoms with Crippen molar-refractivity contribution >= 4 is 22.5 Å². The largest absolute Gasteiger partial charge is 0.489 e. The summed E-state index contributed by atoms with van der Waals surface area (Å²) in [6.07, 6.45) is 2.06. The minimum Gasteiger partial charge on any atom is -0.489 e. The van der Waals surface area contributed by atoms with E-state index in [-0.39, 0.29) is 0 Å². The number of benzene rings is 3. The molecule has 7 heteroatoms. The molecule has 2 N–H and O–H groups in total. The van der Waals surface area contributed by atoms with Gasteiger partial charge in [0.25, 0.3) is 0 Å². The zero-order chi connectivity index (χ0) is 22.7. The lowest BCUT2D eigenvalue weighted by Gasteiger charge is -2.15. The predicted molar refractivity (Wildman–Crippen MR) is 131 cm³/mol. The number of rotatable bonds is 6. The molecule has 3 aromatic carbocycles. The van der Waals surface area contributed by atoms with Gasteiger partial charge in [0.2, 0.25) is 0 Å². The van der Waals surface area contributed by atoms with E-state index in [2.05, 4.69) is 45.4 Å². The zero-order valence-electron chi connectivity index (χ0n) is 18.4. The van der Waals surface area contributed by atoms with Crippen LogP contribution in [-0.2, 0) is 18.0 Å². The Hall–Kier alpha value is -4.36. The van der Waals surface area contributed by atoms with Gasteiger partial charge in [-0.1, -0.05) is 60.7 Å². The molecule has 0 spiro atoms. The van der Waals surface area contributed by atoms with Gasteiger partial charge >= 0.3 is 0 Å².